The van der Waals surface area contributed by atoms with Crippen LogP contribution < -0.4 is 5.32 Å². The molecular weight excluding hydrogens is 160 g/mol. The molecule has 0 aliphatic carbocycles. The molecule has 11 heavy (non-hydrogen) atoms. The van der Waals surface area contributed by atoms with Gasteiger partial charge in [-0.15, -0.1) is 11.3 Å². The number of thiazole rings is 1. The van der Waals surface area contributed by atoms with Gasteiger partial charge in [0.25, 0.3) is 0 Å². The van der Waals surface area contributed by atoms with Crippen molar-refractivity contribution in [2.45, 2.75) is 12.8 Å². The Kier molecular flexibility index (Phi) is 3.61. The number of carbonyl (C=O) groups excluding carboxylic acids is 1. The van der Waals surface area contributed by atoms with Gasteiger partial charge in [-0.25, -0.2) is 4.98 Å². The second-order valence-electron chi connectivity index (χ2n) is 2.10. The average molecular weight is 170 g/mol. The van der Waals surface area contributed by atoms with E-state index >= 15 is 0 Å². The van der Waals surface area contributed by atoms with Gasteiger partial charge in [0, 0.05) is 24.5 Å². The molecule has 4 heteroatoms. The molecule has 0 aliphatic rings. The Morgan fingerprint density at radius 3 is 3.27 bits per heavy atom. The van der Waals surface area contributed by atoms with E-state index < -0.39 is 0 Å². The number of amides is 1. The van der Waals surface area contributed by atoms with Crippen molar-refractivity contribution in [1.82, 2.24) is 10.3 Å². The molecule has 1 N–H and O–H groups in total. The van der Waals surface area contributed by atoms with Crippen molar-refractivity contribution < 1.29 is 4.79 Å². The zero-order valence-electron chi connectivity index (χ0n) is 6.12. The first-order valence-electron chi connectivity index (χ1n) is 3.49. The summed E-state index contributed by atoms with van der Waals surface area (Å²) in [5, 5.41) is 5.70. The van der Waals surface area contributed by atoms with Crippen LogP contribution in [0.25, 0.3) is 0 Å². The van der Waals surface area contributed by atoms with E-state index in [-0.39, 0.29) is 0 Å². The zero-order chi connectivity index (χ0) is 7.94. The maximum atomic E-state index is 9.84. The molecule has 0 saturated carbocycles. The van der Waals surface area contributed by atoms with Crippen LogP contribution in [0.15, 0.2) is 11.6 Å². The average Bonchev–Trinajstić information content (AvgIpc) is 2.50. The Balaban J connectivity index is 2.09. The summed E-state index contributed by atoms with van der Waals surface area (Å²) in [4.78, 5) is 14.0. The Morgan fingerprint density at radius 2 is 2.64 bits per heavy atom. The third kappa shape index (κ3) is 3.13. The number of rotatable bonds is 5. The minimum atomic E-state index is 0.724. The van der Waals surface area contributed by atoms with Crippen molar-refractivity contribution in [3.8, 4) is 0 Å². The van der Waals surface area contributed by atoms with Crippen LogP contribution in [-0.2, 0) is 11.2 Å². The van der Waals surface area contributed by atoms with E-state index in [9.17, 15) is 4.79 Å². The Labute approximate surface area is 69.5 Å². The molecule has 60 valence electrons. The smallest absolute Gasteiger partial charge is 0.207 e. The predicted molar refractivity (Wildman–Crippen MR) is 44.5 cm³/mol. The number of nitrogens with one attached hydrogen (secondary N) is 1. The largest absolute Gasteiger partial charge is 0.359 e. The molecule has 1 heterocycles. The van der Waals surface area contributed by atoms with Crippen molar-refractivity contribution in [2.75, 3.05) is 6.54 Å². The monoisotopic (exact) mass is 170 g/mol. The summed E-state index contributed by atoms with van der Waals surface area (Å²) >= 11 is 1.65. The van der Waals surface area contributed by atoms with E-state index in [1.807, 2.05) is 5.38 Å². The lowest BCUT2D eigenvalue weighted by Crippen LogP contribution is -2.12. The Bertz CT molecular complexity index is 198. The maximum absolute atomic E-state index is 9.84. The number of aromatic nitrogens is 1. The Hall–Kier alpha value is -0.900. The maximum Gasteiger partial charge on any atom is 0.207 e. The van der Waals surface area contributed by atoms with E-state index in [2.05, 4.69) is 10.3 Å². The normalized spacial score (nSPS) is 9.45. The lowest BCUT2D eigenvalue weighted by molar-refractivity contribution is -0.109. The topological polar surface area (TPSA) is 42.0 Å². The molecule has 0 unspecified atom stereocenters. The molecule has 0 saturated heterocycles. The highest BCUT2D eigenvalue weighted by molar-refractivity contribution is 7.09. The fourth-order valence-electron chi connectivity index (χ4n) is 0.777. The Morgan fingerprint density at radius 1 is 1.73 bits per heavy atom. The molecule has 0 aliphatic heterocycles. The van der Waals surface area contributed by atoms with Crippen LogP contribution in [-0.4, -0.2) is 17.9 Å². The van der Waals surface area contributed by atoms with Gasteiger partial charge in [-0.1, -0.05) is 0 Å². The van der Waals surface area contributed by atoms with Gasteiger partial charge in [-0.2, -0.15) is 0 Å². The predicted octanol–water partition coefficient (Wildman–Crippen LogP) is 0.822. The van der Waals surface area contributed by atoms with E-state index in [0.717, 1.165) is 30.8 Å². The van der Waals surface area contributed by atoms with Gasteiger partial charge in [0.05, 0.1) is 5.01 Å². The number of nitrogens with zero attached hydrogens (tertiary/aromatic N) is 1. The number of hydrogen-bond acceptors (Lipinski definition) is 3. The molecule has 0 fully saturated rings. The van der Waals surface area contributed by atoms with Crippen molar-refractivity contribution in [3.05, 3.63) is 16.6 Å². The van der Waals surface area contributed by atoms with Gasteiger partial charge in [-0.3, -0.25) is 4.79 Å². The fourth-order valence-corrected chi connectivity index (χ4v) is 1.44. The van der Waals surface area contributed by atoms with E-state index in [1.165, 1.54) is 0 Å². The van der Waals surface area contributed by atoms with Crippen LogP contribution in [0.3, 0.4) is 0 Å². The molecular formula is C7H10N2OS. The van der Waals surface area contributed by atoms with Crippen molar-refractivity contribution in [2.24, 2.45) is 0 Å². The highest BCUT2D eigenvalue weighted by Gasteiger charge is 1.93. The van der Waals surface area contributed by atoms with Crippen LogP contribution in [0.1, 0.15) is 11.4 Å². The summed E-state index contributed by atoms with van der Waals surface area (Å²) in [5.41, 5.74) is 0. The summed E-state index contributed by atoms with van der Waals surface area (Å²) in [6.45, 7) is 0.739. The summed E-state index contributed by atoms with van der Waals surface area (Å²) < 4.78 is 0. The van der Waals surface area contributed by atoms with Crippen molar-refractivity contribution in [3.63, 3.8) is 0 Å². The summed E-state index contributed by atoms with van der Waals surface area (Å²) in [6, 6.07) is 0. The second kappa shape index (κ2) is 4.85. The molecule has 0 radical (unpaired) electrons. The number of hydrogen-bond donors (Lipinski definition) is 1. The SMILES string of the molecule is O=CNCCCc1nccs1. The summed E-state index contributed by atoms with van der Waals surface area (Å²) in [6.07, 6.45) is 4.44. The first-order valence-corrected chi connectivity index (χ1v) is 4.37. The zero-order valence-corrected chi connectivity index (χ0v) is 6.93. The van der Waals surface area contributed by atoms with Gasteiger partial charge >= 0.3 is 0 Å². The van der Waals surface area contributed by atoms with Gasteiger partial charge in [0.2, 0.25) is 6.41 Å². The first-order chi connectivity index (χ1) is 5.43. The lowest BCUT2D eigenvalue weighted by Gasteiger charge is -1.94. The quantitative estimate of drug-likeness (QED) is 0.525. The molecule has 0 atom stereocenters. The molecule has 1 rings (SSSR count). The third-order valence-electron chi connectivity index (χ3n) is 1.28. The van der Waals surface area contributed by atoms with Gasteiger partial charge < -0.3 is 5.32 Å². The van der Waals surface area contributed by atoms with Crippen LogP contribution in [0.4, 0.5) is 0 Å². The van der Waals surface area contributed by atoms with Gasteiger partial charge in [0.15, 0.2) is 0 Å². The molecule has 1 amide bonds. The number of aryl methyl sites for hydroxylation is 1. The lowest BCUT2D eigenvalue weighted by atomic mass is 10.3. The molecule has 3 nitrogen and oxygen atoms in total. The van der Waals surface area contributed by atoms with E-state index in [4.69, 9.17) is 0 Å². The first kappa shape index (κ1) is 8.20. The summed E-state index contributed by atoms with van der Waals surface area (Å²) in [7, 11) is 0. The molecule has 0 spiro atoms. The van der Waals surface area contributed by atoms with Crippen LogP contribution in [0.5, 0.6) is 0 Å². The molecule has 0 bridgehead atoms. The van der Waals surface area contributed by atoms with Crippen LogP contribution in [0.2, 0.25) is 0 Å². The minimum Gasteiger partial charge on any atom is -0.359 e. The van der Waals surface area contributed by atoms with Gasteiger partial charge in [-0.05, 0) is 6.42 Å². The standard InChI is InChI=1S/C7H10N2OS/c10-6-8-3-1-2-7-9-4-5-11-7/h4-6H,1-3H2,(H,8,10). The van der Waals surface area contributed by atoms with Gasteiger partial charge in [0.1, 0.15) is 0 Å². The van der Waals surface area contributed by atoms with E-state index in [1.54, 1.807) is 17.5 Å². The third-order valence-corrected chi connectivity index (χ3v) is 2.12. The summed E-state index contributed by atoms with van der Waals surface area (Å²) in [5.74, 6) is 0. The van der Waals surface area contributed by atoms with Crippen molar-refractivity contribution in [1.29, 1.82) is 0 Å². The molecule has 1 aromatic rings. The minimum absolute atomic E-state index is 0.724. The van der Waals surface area contributed by atoms with Crippen LogP contribution in [0, 0.1) is 0 Å². The fraction of sp³-hybridized carbons (Fsp3) is 0.429. The highest BCUT2D eigenvalue weighted by Crippen LogP contribution is 2.05. The highest BCUT2D eigenvalue weighted by atomic mass is 32.1. The van der Waals surface area contributed by atoms with Crippen molar-refractivity contribution >= 4 is 17.7 Å². The van der Waals surface area contributed by atoms with E-state index in [0.29, 0.717) is 0 Å². The van der Waals surface area contributed by atoms with Crippen LogP contribution >= 0.6 is 11.3 Å². The molecule has 1 aromatic heterocycles. The molecule has 0 aromatic carbocycles. The number of carbonyl (C=O) groups is 1. The second-order valence-corrected chi connectivity index (χ2v) is 3.08.